The first-order valence-electron chi connectivity index (χ1n) is 3.71. The summed E-state index contributed by atoms with van der Waals surface area (Å²) in [5.74, 6) is 0. The number of carbonyl (C=O) groups is 1. The van der Waals surface area contributed by atoms with Gasteiger partial charge in [0.25, 0.3) is 0 Å². The van der Waals surface area contributed by atoms with Crippen LogP contribution in [0.2, 0.25) is 5.02 Å². The van der Waals surface area contributed by atoms with Crippen molar-refractivity contribution < 1.29 is 9.53 Å². The molecule has 13 heavy (non-hydrogen) atoms. The van der Waals surface area contributed by atoms with E-state index in [-0.39, 0.29) is 6.61 Å². The van der Waals surface area contributed by atoms with Crippen molar-refractivity contribution in [3.8, 4) is 0 Å². The maximum Gasteiger partial charge on any atom is 0.411 e. The summed E-state index contributed by atoms with van der Waals surface area (Å²) >= 11 is 5.70. The Kier molecular flexibility index (Phi) is 3.58. The van der Waals surface area contributed by atoms with Crippen LogP contribution in [0.5, 0.6) is 0 Å². The Labute approximate surface area is 81.7 Å². The molecule has 1 radical (unpaired) electrons. The second-order valence-corrected chi connectivity index (χ2v) is 2.71. The lowest BCUT2D eigenvalue weighted by Crippen LogP contribution is -2.13. The summed E-state index contributed by atoms with van der Waals surface area (Å²) < 4.78 is 4.58. The molecular formula is C9H9ClNO2. The first-order chi connectivity index (χ1) is 6.22. The van der Waals surface area contributed by atoms with E-state index in [0.29, 0.717) is 10.7 Å². The van der Waals surface area contributed by atoms with Gasteiger partial charge in [-0.15, -0.1) is 0 Å². The molecule has 0 spiro atoms. The Hall–Kier alpha value is -1.22. The van der Waals surface area contributed by atoms with Crippen molar-refractivity contribution in [2.45, 2.75) is 0 Å². The van der Waals surface area contributed by atoms with Crippen LogP contribution in [0.25, 0.3) is 0 Å². The predicted molar refractivity (Wildman–Crippen MR) is 51.8 cm³/mol. The van der Waals surface area contributed by atoms with E-state index in [1.54, 1.807) is 24.3 Å². The van der Waals surface area contributed by atoms with Crippen LogP contribution >= 0.6 is 11.6 Å². The van der Waals surface area contributed by atoms with Crippen molar-refractivity contribution >= 4 is 23.4 Å². The first kappa shape index (κ1) is 9.86. The van der Waals surface area contributed by atoms with Gasteiger partial charge in [0.05, 0.1) is 6.61 Å². The van der Waals surface area contributed by atoms with Crippen LogP contribution in [-0.2, 0) is 4.74 Å². The number of carbonyl (C=O) groups excluding carboxylic acids is 1. The van der Waals surface area contributed by atoms with Crippen molar-refractivity contribution in [2.24, 2.45) is 0 Å². The molecule has 0 saturated heterocycles. The minimum Gasteiger partial charge on any atom is -0.449 e. The van der Waals surface area contributed by atoms with Gasteiger partial charge in [-0.05, 0) is 25.1 Å². The molecule has 3 nitrogen and oxygen atoms in total. The fourth-order valence-corrected chi connectivity index (χ4v) is 1.00. The molecule has 0 bridgehead atoms. The van der Waals surface area contributed by atoms with E-state index in [0.717, 1.165) is 0 Å². The van der Waals surface area contributed by atoms with Crippen LogP contribution in [0.15, 0.2) is 24.3 Å². The van der Waals surface area contributed by atoms with Crippen molar-refractivity contribution in [2.75, 3.05) is 11.9 Å². The van der Waals surface area contributed by atoms with Gasteiger partial charge in [-0.2, -0.15) is 0 Å². The van der Waals surface area contributed by atoms with Gasteiger partial charge in [0, 0.05) is 10.7 Å². The molecule has 4 heteroatoms. The molecule has 69 valence electrons. The highest BCUT2D eigenvalue weighted by atomic mass is 35.5. The number of hydrogen-bond donors (Lipinski definition) is 1. The lowest BCUT2D eigenvalue weighted by molar-refractivity contribution is 0.173. The number of halogens is 1. The SMILES string of the molecule is [CH2]COC(=O)Nc1cccc(Cl)c1. The second-order valence-electron chi connectivity index (χ2n) is 2.27. The normalized spacial score (nSPS) is 9.38. The molecule has 0 fully saturated rings. The molecule has 0 heterocycles. The van der Waals surface area contributed by atoms with Gasteiger partial charge in [-0.25, -0.2) is 4.79 Å². The third-order valence-corrected chi connectivity index (χ3v) is 1.54. The van der Waals surface area contributed by atoms with E-state index < -0.39 is 6.09 Å². The van der Waals surface area contributed by atoms with Gasteiger partial charge in [0.1, 0.15) is 0 Å². The largest absolute Gasteiger partial charge is 0.449 e. The maximum atomic E-state index is 10.9. The molecule has 0 saturated carbocycles. The summed E-state index contributed by atoms with van der Waals surface area (Å²) in [7, 11) is 0. The summed E-state index contributed by atoms with van der Waals surface area (Å²) in [6.07, 6.45) is -0.530. The summed E-state index contributed by atoms with van der Waals surface area (Å²) in [6, 6.07) is 6.81. The molecule has 1 aromatic rings. The Morgan fingerprint density at radius 2 is 2.38 bits per heavy atom. The van der Waals surface area contributed by atoms with Gasteiger partial charge in [-0.1, -0.05) is 17.7 Å². The van der Waals surface area contributed by atoms with Gasteiger partial charge in [0.15, 0.2) is 0 Å². The average molecular weight is 199 g/mol. The van der Waals surface area contributed by atoms with Crippen LogP contribution in [-0.4, -0.2) is 12.7 Å². The van der Waals surface area contributed by atoms with Crippen molar-refractivity contribution in [3.63, 3.8) is 0 Å². The molecular weight excluding hydrogens is 190 g/mol. The minimum atomic E-state index is -0.530. The summed E-state index contributed by atoms with van der Waals surface area (Å²) in [6.45, 7) is 3.48. The third kappa shape index (κ3) is 3.34. The number of benzene rings is 1. The monoisotopic (exact) mass is 198 g/mol. The number of rotatable bonds is 2. The lowest BCUT2D eigenvalue weighted by atomic mass is 10.3. The third-order valence-electron chi connectivity index (χ3n) is 1.30. The zero-order valence-electron chi connectivity index (χ0n) is 6.92. The zero-order valence-corrected chi connectivity index (χ0v) is 7.67. The fraction of sp³-hybridized carbons (Fsp3) is 0.111. The number of amides is 1. The van der Waals surface area contributed by atoms with Crippen molar-refractivity contribution in [3.05, 3.63) is 36.2 Å². The number of anilines is 1. The van der Waals surface area contributed by atoms with Crippen LogP contribution in [0.3, 0.4) is 0 Å². The molecule has 0 aliphatic rings. The van der Waals surface area contributed by atoms with E-state index in [1.165, 1.54) is 0 Å². The highest BCUT2D eigenvalue weighted by Crippen LogP contribution is 2.14. The van der Waals surface area contributed by atoms with Gasteiger partial charge in [0.2, 0.25) is 0 Å². The second kappa shape index (κ2) is 4.72. The predicted octanol–water partition coefficient (Wildman–Crippen LogP) is 2.72. The summed E-state index contributed by atoms with van der Waals surface area (Å²) in [5.41, 5.74) is 0.603. The van der Waals surface area contributed by atoms with E-state index in [9.17, 15) is 4.79 Å². The molecule has 0 aliphatic carbocycles. The topological polar surface area (TPSA) is 38.3 Å². The number of hydrogen-bond acceptors (Lipinski definition) is 2. The van der Waals surface area contributed by atoms with Crippen LogP contribution in [0.4, 0.5) is 10.5 Å². The number of nitrogens with one attached hydrogen (secondary N) is 1. The van der Waals surface area contributed by atoms with Crippen molar-refractivity contribution in [1.82, 2.24) is 0 Å². The summed E-state index contributed by atoms with van der Waals surface area (Å²) in [5, 5.41) is 3.06. The van der Waals surface area contributed by atoms with E-state index in [4.69, 9.17) is 11.6 Å². The standard InChI is InChI=1S/C9H9ClNO2/c1-2-13-9(12)11-8-5-3-4-7(10)6-8/h3-6H,1-2H2,(H,11,12). The van der Waals surface area contributed by atoms with Crippen LogP contribution in [0, 0.1) is 6.92 Å². The Balaban J connectivity index is 2.58. The van der Waals surface area contributed by atoms with Crippen LogP contribution < -0.4 is 5.32 Å². The maximum absolute atomic E-state index is 10.9. The molecule has 0 aromatic heterocycles. The number of ether oxygens (including phenoxy) is 1. The average Bonchev–Trinajstić information content (AvgIpc) is 2.04. The zero-order chi connectivity index (χ0) is 9.68. The van der Waals surface area contributed by atoms with E-state index in [1.807, 2.05) is 0 Å². The highest BCUT2D eigenvalue weighted by Gasteiger charge is 2.00. The molecule has 1 rings (SSSR count). The molecule has 1 amide bonds. The Bertz CT molecular complexity index is 301. The van der Waals surface area contributed by atoms with Gasteiger partial charge < -0.3 is 4.74 Å². The van der Waals surface area contributed by atoms with Crippen LogP contribution in [0.1, 0.15) is 0 Å². The first-order valence-corrected chi connectivity index (χ1v) is 4.09. The quantitative estimate of drug-likeness (QED) is 0.794. The fourth-order valence-electron chi connectivity index (χ4n) is 0.813. The smallest absolute Gasteiger partial charge is 0.411 e. The Morgan fingerprint density at radius 1 is 1.62 bits per heavy atom. The molecule has 1 N–H and O–H groups in total. The van der Waals surface area contributed by atoms with Gasteiger partial charge in [-0.3, -0.25) is 5.32 Å². The molecule has 0 atom stereocenters. The highest BCUT2D eigenvalue weighted by molar-refractivity contribution is 6.30. The lowest BCUT2D eigenvalue weighted by Gasteiger charge is -2.04. The molecule has 0 unspecified atom stereocenters. The molecule has 0 aliphatic heterocycles. The van der Waals surface area contributed by atoms with E-state index >= 15 is 0 Å². The molecule has 1 aromatic carbocycles. The summed E-state index contributed by atoms with van der Waals surface area (Å²) in [4.78, 5) is 10.9. The van der Waals surface area contributed by atoms with E-state index in [2.05, 4.69) is 17.0 Å². The van der Waals surface area contributed by atoms with Gasteiger partial charge >= 0.3 is 6.09 Å². The van der Waals surface area contributed by atoms with Crippen molar-refractivity contribution in [1.29, 1.82) is 0 Å². The minimum absolute atomic E-state index is 0.104. The Morgan fingerprint density at radius 3 is 3.00 bits per heavy atom.